The van der Waals surface area contributed by atoms with Gasteiger partial charge in [0.05, 0.1) is 0 Å². The Morgan fingerprint density at radius 2 is 1.66 bits per heavy atom. The minimum atomic E-state index is -1.02. The molecule has 2 aromatic carbocycles. The van der Waals surface area contributed by atoms with Crippen molar-refractivity contribution in [1.29, 1.82) is 0 Å². The number of hydrogen-bond donors (Lipinski definition) is 3. The molecule has 5 rings (SSSR count). The first-order valence-corrected chi connectivity index (χ1v) is 12.4. The van der Waals surface area contributed by atoms with Crippen LogP contribution in [-0.4, -0.2) is 65.8 Å². The highest BCUT2D eigenvalue weighted by Crippen LogP contribution is 2.44. The van der Waals surface area contributed by atoms with Crippen LogP contribution in [0, 0.1) is 0 Å². The molecule has 35 heavy (non-hydrogen) atoms. The summed E-state index contributed by atoms with van der Waals surface area (Å²) < 4.78 is 5.56. The van der Waals surface area contributed by atoms with Gasteiger partial charge in [0.25, 0.3) is 0 Å². The minimum absolute atomic E-state index is 0.00235. The largest absolute Gasteiger partial charge is 0.481 e. The highest BCUT2D eigenvalue weighted by atomic mass is 16.5. The van der Waals surface area contributed by atoms with E-state index in [1.54, 1.807) is 0 Å². The number of carbonyl (C=O) groups is 3. The maximum atomic E-state index is 12.8. The third-order valence-electron chi connectivity index (χ3n) is 7.32. The summed E-state index contributed by atoms with van der Waals surface area (Å²) in [6, 6.07) is 16.1. The van der Waals surface area contributed by atoms with Crippen LogP contribution in [0.3, 0.4) is 0 Å². The molecule has 3 N–H and O–H groups in total. The first-order chi connectivity index (χ1) is 17.0. The highest BCUT2D eigenvalue weighted by molar-refractivity contribution is 5.86. The fourth-order valence-corrected chi connectivity index (χ4v) is 5.23. The lowest BCUT2D eigenvalue weighted by Gasteiger charge is -2.41. The quantitative estimate of drug-likeness (QED) is 0.485. The van der Waals surface area contributed by atoms with Gasteiger partial charge in [-0.1, -0.05) is 48.5 Å². The van der Waals surface area contributed by atoms with E-state index in [1.807, 2.05) is 36.4 Å². The van der Waals surface area contributed by atoms with Gasteiger partial charge in [-0.05, 0) is 47.9 Å². The maximum absolute atomic E-state index is 12.8. The van der Waals surface area contributed by atoms with Gasteiger partial charge in [-0.3, -0.25) is 14.5 Å². The van der Waals surface area contributed by atoms with Gasteiger partial charge in [0.2, 0.25) is 5.91 Å². The zero-order chi connectivity index (χ0) is 24.4. The summed E-state index contributed by atoms with van der Waals surface area (Å²) in [5.41, 5.74) is 4.46. The van der Waals surface area contributed by atoms with Crippen LogP contribution in [0.2, 0.25) is 0 Å². The van der Waals surface area contributed by atoms with Gasteiger partial charge in [-0.2, -0.15) is 0 Å². The Hall–Kier alpha value is -3.39. The summed E-state index contributed by atoms with van der Waals surface area (Å²) in [4.78, 5) is 39.0. The van der Waals surface area contributed by atoms with Crippen molar-refractivity contribution in [3.63, 3.8) is 0 Å². The number of carboxylic acids is 1. The monoisotopic (exact) mass is 477 g/mol. The first kappa shape index (κ1) is 23.4. The normalized spacial score (nSPS) is 19.7. The lowest BCUT2D eigenvalue weighted by molar-refractivity contribution is -0.137. The molecule has 0 spiro atoms. The van der Waals surface area contributed by atoms with E-state index in [0.717, 1.165) is 35.2 Å². The summed E-state index contributed by atoms with van der Waals surface area (Å²) in [7, 11) is 0. The standard InChI is InChI=1S/C27H31N3O5/c31-25(32)12-11-24(26(33)28-15-18-13-14-30(18)17-9-10-17)29-27(34)35-16-23-21-7-3-1-5-19(21)20-6-2-4-8-22(20)23/h1-8,17-18,23-24H,9-16H2,(H,28,33)(H,29,34)(H,31,32). The maximum Gasteiger partial charge on any atom is 0.407 e. The predicted octanol–water partition coefficient (Wildman–Crippen LogP) is 3.11. The number of alkyl carbamates (subject to hydrolysis) is 1. The number of nitrogens with one attached hydrogen (secondary N) is 2. The number of aliphatic carboxylic acids is 1. The first-order valence-electron chi connectivity index (χ1n) is 12.4. The van der Waals surface area contributed by atoms with Gasteiger partial charge in [-0.15, -0.1) is 0 Å². The van der Waals surface area contributed by atoms with Crippen LogP contribution in [0.25, 0.3) is 11.1 Å². The number of benzene rings is 2. The van der Waals surface area contributed by atoms with E-state index < -0.39 is 18.1 Å². The molecule has 8 nitrogen and oxygen atoms in total. The van der Waals surface area contributed by atoms with E-state index in [2.05, 4.69) is 27.7 Å². The van der Waals surface area contributed by atoms with Gasteiger partial charge >= 0.3 is 12.1 Å². The van der Waals surface area contributed by atoms with Gasteiger partial charge < -0.3 is 20.5 Å². The molecular weight excluding hydrogens is 446 g/mol. The molecule has 1 aliphatic heterocycles. The molecule has 2 amide bonds. The molecule has 2 aromatic rings. The number of likely N-dealkylation sites (tertiary alicyclic amines) is 1. The number of hydrogen-bond acceptors (Lipinski definition) is 5. The van der Waals surface area contributed by atoms with Crippen molar-refractivity contribution < 1.29 is 24.2 Å². The second-order valence-corrected chi connectivity index (χ2v) is 9.61. The highest BCUT2D eigenvalue weighted by Gasteiger charge is 2.39. The number of fused-ring (bicyclic) bond motifs is 3. The van der Waals surface area contributed by atoms with E-state index in [-0.39, 0.29) is 31.3 Å². The zero-order valence-corrected chi connectivity index (χ0v) is 19.6. The summed E-state index contributed by atoms with van der Waals surface area (Å²) >= 11 is 0. The van der Waals surface area contributed by atoms with Crippen molar-refractivity contribution >= 4 is 18.0 Å². The van der Waals surface area contributed by atoms with Crippen LogP contribution in [0.1, 0.15) is 49.1 Å². The molecule has 1 heterocycles. The predicted molar refractivity (Wildman–Crippen MR) is 130 cm³/mol. The molecular formula is C27H31N3O5. The Labute approximate surface area is 204 Å². The molecule has 8 heteroatoms. The summed E-state index contributed by atoms with van der Waals surface area (Å²) in [5.74, 6) is -1.48. The fourth-order valence-electron chi connectivity index (χ4n) is 5.23. The summed E-state index contributed by atoms with van der Waals surface area (Å²) in [5, 5.41) is 14.6. The molecule has 184 valence electrons. The van der Waals surface area contributed by atoms with Crippen molar-refractivity contribution in [1.82, 2.24) is 15.5 Å². The Bertz CT molecular complexity index is 1070. The molecule has 3 aliphatic rings. The Kier molecular flexibility index (Phi) is 6.72. The molecule has 0 bridgehead atoms. The van der Waals surface area contributed by atoms with Crippen LogP contribution < -0.4 is 10.6 Å². The Morgan fingerprint density at radius 1 is 1.00 bits per heavy atom. The zero-order valence-electron chi connectivity index (χ0n) is 19.6. The number of ether oxygens (including phenoxy) is 1. The second kappa shape index (κ2) is 10.1. The van der Waals surface area contributed by atoms with Crippen LogP contribution >= 0.6 is 0 Å². The average Bonchev–Trinajstić information content (AvgIpc) is 3.60. The van der Waals surface area contributed by atoms with Crippen molar-refractivity contribution in [3.05, 3.63) is 59.7 Å². The fraction of sp³-hybridized carbons (Fsp3) is 0.444. The average molecular weight is 478 g/mol. The number of carbonyl (C=O) groups excluding carboxylic acids is 2. The van der Waals surface area contributed by atoms with Crippen LogP contribution in [-0.2, 0) is 14.3 Å². The van der Waals surface area contributed by atoms with Crippen molar-refractivity contribution in [2.45, 2.75) is 56.1 Å². The Balaban J connectivity index is 1.18. The molecule has 2 fully saturated rings. The van der Waals surface area contributed by atoms with Crippen LogP contribution in [0.15, 0.2) is 48.5 Å². The van der Waals surface area contributed by atoms with Gasteiger partial charge in [0.15, 0.2) is 0 Å². The topological polar surface area (TPSA) is 108 Å². The summed E-state index contributed by atoms with van der Waals surface area (Å²) in [6.07, 6.45) is 2.53. The van der Waals surface area contributed by atoms with Crippen molar-refractivity contribution in [2.24, 2.45) is 0 Å². The number of rotatable bonds is 10. The van der Waals surface area contributed by atoms with Gasteiger partial charge in [-0.25, -0.2) is 4.79 Å². The molecule has 2 atom stereocenters. The molecule has 2 unspecified atom stereocenters. The van der Waals surface area contributed by atoms with Crippen molar-refractivity contribution in [3.8, 4) is 11.1 Å². The number of nitrogens with zero attached hydrogens (tertiary/aromatic N) is 1. The third-order valence-corrected chi connectivity index (χ3v) is 7.32. The SMILES string of the molecule is O=C(O)CCC(NC(=O)OCC1c2ccccc2-c2ccccc21)C(=O)NCC1CCN1C1CC1. The molecule has 1 saturated heterocycles. The molecule has 0 aromatic heterocycles. The van der Waals surface area contributed by atoms with E-state index in [1.165, 1.54) is 12.8 Å². The van der Waals surface area contributed by atoms with E-state index in [0.29, 0.717) is 18.6 Å². The smallest absolute Gasteiger partial charge is 0.407 e. The molecule has 0 radical (unpaired) electrons. The lowest BCUT2D eigenvalue weighted by atomic mass is 9.98. The van der Waals surface area contributed by atoms with Crippen molar-refractivity contribution in [2.75, 3.05) is 19.7 Å². The van der Waals surface area contributed by atoms with Gasteiger partial charge in [0.1, 0.15) is 12.6 Å². The van der Waals surface area contributed by atoms with Gasteiger partial charge in [0, 0.05) is 37.5 Å². The third kappa shape index (κ3) is 5.17. The van der Waals surface area contributed by atoms with Crippen LogP contribution in [0.5, 0.6) is 0 Å². The van der Waals surface area contributed by atoms with Crippen LogP contribution in [0.4, 0.5) is 4.79 Å². The molecule has 2 aliphatic carbocycles. The minimum Gasteiger partial charge on any atom is -0.481 e. The number of amides is 2. The van der Waals surface area contributed by atoms with E-state index >= 15 is 0 Å². The van der Waals surface area contributed by atoms with E-state index in [9.17, 15) is 14.4 Å². The second-order valence-electron chi connectivity index (χ2n) is 9.61. The number of carboxylic acid groups (broad SMARTS) is 1. The Morgan fingerprint density at radius 3 is 2.23 bits per heavy atom. The lowest BCUT2D eigenvalue weighted by Crippen LogP contribution is -2.56. The van der Waals surface area contributed by atoms with E-state index in [4.69, 9.17) is 9.84 Å². The summed E-state index contributed by atoms with van der Waals surface area (Å²) in [6.45, 7) is 1.70. The molecule has 1 saturated carbocycles.